The first kappa shape index (κ1) is 26.2. The zero-order valence-corrected chi connectivity index (χ0v) is 22.1. The first-order valence-electron chi connectivity index (χ1n) is 10.7. The van der Waals surface area contributed by atoms with Crippen LogP contribution in [0, 0.1) is 0 Å². The van der Waals surface area contributed by atoms with Gasteiger partial charge in [-0.05, 0) is 77.5 Å². The van der Waals surface area contributed by atoms with Crippen LogP contribution >= 0.6 is 46.6 Å². The van der Waals surface area contributed by atoms with Gasteiger partial charge in [0.1, 0.15) is 19.0 Å². The van der Waals surface area contributed by atoms with Gasteiger partial charge in [-0.2, -0.15) is 0 Å². The molecule has 3 aromatic rings. The van der Waals surface area contributed by atoms with Gasteiger partial charge >= 0.3 is 0 Å². The highest BCUT2D eigenvalue weighted by molar-refractivity contribution is 8.18. The summed E-state index contributed by atoms with van der Waals surface area (Å²) in [5.74, 6) is 0.974. The normalized spacial score (nSPS) is 14.4. The van der Waals surface area contributed by atoms with E-state index in [0.29, 0.717) is 37.9 Å². The lowest BCUT2D eigenvalue weighted by atomic mass is 10.1. The monoisotopic (exact) mass is 563 g/mol. The summed E-state index contributed by atoms with van der Waals surface area (Å²) in [4.78, 5) is 26.7. The third-order valence-electron chi connectivity index (χ3n) is 5.12. The molecule has 3 aromatic carbocycles. The number of ether oxygens (including phenoxy) is 3. The predicted molar refractivity (Wildman–Crippen MR) is 143 cm³/mol. The first-order chi connectivity index (χ1) is 17.3. The van der Waals surface area contributed by atoms with Crippen molar-refractivity contribution in [3.63, 3.8) is 0 Å². The molecule has 0 saturated carbocycles. The minimum absolute atomic E-state index is 0.117. The van der Waals surface area contributed by atoms with Crippen molar-refractivity contribution in [1.29, 1.82) is 0 Å². The Morgan fingerprint density at radius 1 is 0.917 bits per heavy atom. The predicted octanol–water partition coefficient (Wildman–Crippen LogP) is 7.35. The minimum atomic E-state index is -0.400. The van der Waals surface area contributed by atoms with Crippen LogP contribution in [0.5, 0.6) is 17.2 Å². The van der Waals surface area contributed by atoms with Gasteiger partial charge in [0.05, 0.1) is 23.6 Å². The molecule has 1 aliphatic heterocycles. The Morgan fingerprint density at radius 3 is 2.25 bits per heavy atom. The molecule has 4 rings (SSSR count). The summed E-state index contributed by atoms with van der Waals surface area (Å²) in [6, 6.07) is 17.4. The van der Waals surface area contributed by atoms with Crippen LogP contribution in [0.3, 0.4) is 0 Å². The number of benzene rings is 3. The molecule has 1 aliphatic rings. The number of imide groups is 1. The topological polar surface area (TPSA) is 65.1 Å². The maximum atomic E-state index is 12.8. The second-order valence-corrected chi connectivity index (χ2v) is 9.86. The van der Waals surface area contributed by atoms with E-state index in [1.165, 1.54) is 7.11 Å². The molecule has 0 bridgehead atoms. The van der Waals surface area contributed by atoms with E-state index in [9.17, 15) is 9.59 Å². The summed E-state index contributed by atoms with van der Waals surface area (Å²) < 4.78 is 16.9. The highest BCUT2D eigenvalue weighted by Crippen LogP contribution is 2.39. The maximum absolute atomic E-state index is 12.8. The number of halogens is 3. The summed E-state index contributed by atoms with van der Waals surface area (Å²) in [7, 11) is 1.50. The molecule has 0 spiro atoms. The summed E-state index contributed by atoms with van der Waals surface area (Å²) in [6.45, 7) is 0.544. The average molecular weight is 565 g/mol. The Labute approximate surface area is 227 Å². The second-order valence-electron chi connectivity index (χ2n) is 7.58. The van der Waals surface area contributed by atoms with E-state index in [1.807, 2.05) is 12.1 Å². The van der Waals surface area contributed by atoms with Gasteiger partial charge in [0, 0.05) is 10.0 Å². The van der Waals surface area contributed by atoms with Crippen molar-refractivity contribution in [2.45, 2.75) is 6.61 Å². The van der Waals surface area contributed by atoms with E-state index in [4.69, 9.17) is 49.0 Å². The number of thioether (sulfide) groups is 1. The fourth-order valence-corrected chi connectivity index (χ4v) is 4.72. The number of carbonyl (C=O) groups is 2. The lowest BCUT2D eigenvalue weighted by molar-refractivity contribution is -0.123. The maximum Gasteiger partial charge on any atom is 0.293 e. The largest absolute Gasteiger partial charge is 0.493 e. The van der Waals surface area contributed by atoms with Crippen molar-refractivity contribution in [3.8, 4) is 17.2 Å². The average Bonchev–Trinajstić information content (AvgIpc) is 3.12. The molecule has 0 unspecified atom stereocenters. The number of hydrogen-bond acceptors (Lipinski definition) is 6. The molecule has 1 saturated heterocycles. The fourth-order valence-electron chi connectivity index (χ4n) is 3.33. The zero-order valence-electron chi connectivity index (χ0n) is 19.0. The molecule has 0 aliphatic carbocycles. The van der Waals surface area contributed by atoms with Crippen LogP contribution in [0.1, 0.15) is 11.1 Å². The van der Waals surface area contributed by atoms with Gasteiger partial charge in [0.2, 0.25) is 0 Å². The summed E-state index contributed by atoms with van der Waals surface area (Å²) in [5.41, 5.74) is 1.51. The quantitative estimate of drug-likeness (QED) is 0.253. The smallest absolute Gasteiger partial charge is 0.293 e. The standard InChI is InChI=1S/C26H20Cl3NO5S/c1-33-22-13-17(12-21(29)24(22)35-15-16-2-4-18(27)5-3-16)14-23-25(31)30(26(32)36-23)10-11-34-20-8-6-19(28)7-9-20/h2-9,12-14H,10-11,15H2,1H3/b23-14-. The van der Waals surface area contributed by atoms with Gasteiger partial charge in [0.15, 0.2) is 11.5 Å². The van der Waals surface area contributed by atoms with E-state index < -0.39 is 5.91 Å². The third kappa shape index (κ3) is 6.48. The second kappa shape index (κ2) is 11.9. The van der Waals surface area contributed by atoms with Gasteiger partial charge < -0.3 is 14.2 Å². The summed E-state index contributed by atoms with van der Waals surface area (Å²) in [6.07, 6.45) is 1.60. The van der Waals surface area contributed by atoms with Crippen molar-refractivity contribution in [2.75, 3.05) is 20.3 Å². The van der Waals surface area contributed by atoms with Crippen molar-refractivity contribution in [1.82, 2.24) is 4.90 Å². The molecular weight excluding hydrogens is 545 g/mol. The van der Waals surface area contributed by atoms with Crippen molar-refractivity contribution >= 4 is 63.8 Å². The molecule has 0 radical (unpaired) electrons. The number of amides is 2. The van der Waals surface area contributed by atoms with Gasteiger partial charge in [-0.25, -0.2) is 0 Å². The SMILES string of the molecule is COc1cc(/C=C2\SC(=O)N(CCOc3ccc(Cl)cc3)C2=O)cc(Cl)c1OCc1ccc(Cl)cc1. The number of rotatable bonds is 9. The fraction of sp³-hybridized carbons (Fsp3) is 0.154. The Hall–Kier alpha value is -2.84. The first-order valence-corrected chi connectivity index (χ1v) is 12.7. The van der Waals surface area contributed by atoms with Crippen molar-refractivity contribution in [3.05, 3.63) is 91.8 Å². The zero-order chi connectivity index (χ0) is 25.7. The molecule has 36 heavy (non-hydrogen) atoms. The number of hydrogen-bond donors (Lipinski definition) is 0. The minimum Gasteiger partial charge on any atom is -0.493 e. The molecule has 0 atom stereocenters. The van der Waals surface area contributed by atoms with Crippen LogP contribution in [-0.4, -0.2) is 36.3 Å². The number of nitrogens with zero attached hydrogens (tertiary/aromatic N) is 1. The van der Waals surface area contributed by atoms with Crippen LogP contribution < -0.4 is 14.2 Å². The lowest BCUT2D eigenvalue weighted by Gasteiger charge is -2.14. The Bertz CT molecular complexity index is 1300. The highest BCUT2D eigenvalue weighted by atomic mass is 35.5. The third-order valence-corrected chi connectivity index (χ3v) is 6.81. The number of methoxy groups -OCH3 is 1. The molecule has 10 heteroatoms. The molecule has 1 heterocycles. The Kier molecular flexibility index (Phi) is 8.69. The molecule has 1 fully saturated rings. The molecule has 0 aromatic heterocycles. The van der Waals surface area contributed by atoms with Gasteiger partial charge in [-0.15, -0.1) is 0 Å². The number of carbonyl (C=O) groups excluding carboxylic acids is 2. The van der Waals surface area contributed by atoms with Crippen LogP contribution in [-0.2, 0) is 11.4 Å². The molecule has 6 nitrogen and oxygen atoms in total. The van der Waals surface area contributed by atoms with Crippen LogP contribution in [0.15, 0.2) is 65.6 Å². The van der Waals surface area contributed by atoms with Crippen LogP contribution in [0.2, 0.25) is 15.1 Å². The Morgan fingerprint density at radius 2 is 1.58 bits per heavy atom. The van der Waals surface area contributed by atoms with Crippen LogP contribution in [0.25, 0.3) is 6.08 Å². The van der Waals surface area contributed by atoms with E-state index in [-0.39, 0.29) is 29.9 Å². The van der Waals surface area contributed by atoms with E-state index in [1.54, 1.807) is 54.6 Å². The van der Waals surface area contributed by atoms with Crippen molar-refractivity contribution in [2.24, 2.45) is 0 Å². The van der Waals surface area contributed by atoms with Gasteiger partial charge in [0.25, 0.3) is 11.1 Å². The van der Waals surface area contributed by atoms with Crippen LogP contribution in [0.4, 0.5) is 4.79 Å². The van der Waals surface area contributed by atoms with Gasteiger partial charge in [-0.1, -0.05) is 46.9 Å². The Balaban J connectivity index is 1.43. The molecule has 2 amide bonds. The van der Waals surface area contributed by atoms with E-state index in [0.717, 1.165) is 22.2 Å². The molecule has 0 N–H and O–H groups in total. The summed E-state index contributed by atoms with van der Waals surface area (Å²) in [5, 5.41) is 1.17. The van der Waals surface area contributed by atoms with Crippen molar-refractivity contribution < 1.29 is 23.8 Å². The summed E-state index contributed by atoms with van der Waals surface area (Å²) >= 11 is 19.1. The molecular formula is C26H20Cl3NO5S. The molecule has 186 valence electrons. The van der Waals surface area contributed by atoms with E-state index >= 15 is 0 Å². The highest BCUT2D eigenvalue weighted by Gasteiger charge is 2.35. The van der Waals surface area contributed by atoms with E-state index in [2.05, 4.69) is 0 Å². The lowest BCUT2D eigenvalue weighted by Crippen LogP contribution is -2.32. The van der Waals surface area contributed by atoms with Gasteiger partial charge in [-0.3, -0.25) is 14.5 Å².